The number of nitriles is 1. The first kappa shape index (κ1) is 13.7. The predicted molar refractivity (Wildman–Crippen MR) is 62.8 cm³/mol. The van der Waals surface area contributed by atoms with Gasteiger partial charge in [0.05, 0.1) is 25.3 Å². The second-order valence-corrected chi connectivity index (χ2v) is 3.43. The highest BCUT2D eigenvalue weighted by molar-refractivity contribution is 5.89. The van der Waals surface area contributed by atoms with Gasteiger partial charge in [0, 0.05) is 0 Å². The third-order valence-electron chi connectivity index (χ3n) is 2.32. The SMILES string of the molecule is CCOC(=O)C(C#N)c1ccc(C(=O)OC)cc1. The first-order chi connectivity index (χ1) is 8.63. The van der Waals surface area contributed by atoms with Gasteiger partial charge in [-0.1, -0.05) is 12.1 Å². The molecule has 0 radical (unpaired) electrons. The number of nitrogens with zero attached hydrogens (tertiary/aromatic N) is 1. The van der Waals surface area contributed by atoms with Gasteiger partial charge in [-0.05, 0) is 24.6 Å². The Hall–Kier alpha value is -2.35. The smallest absolute Gasteiger partial charge is 0.337 e. The van der Waals surface area contributed by atoms with Crippen molar-refractivity contribution in [3.8, 4) is 6.07 Å². The highest BCUT2D eigenvalue weighted by Gasteiger charge is 2.21. The molecule has 0 N–H and O–H groups in total. The molecular formula is C13H13NO4. The maximum atomic E-state index is 11.5. The van der Waals surface area contributed by atoms with E-state index in [1.807, 2.05) is 6.07 Å². The van der Waals surface area contributed by atoms with Crippen LogP contribution < -0.4 is 0 Å². The third kappa shape index (κ3) is 3.08. The molecule has 0 heterocycles. The standard InChI is InChI=1S/C13H13NO4/c1-3-18-13(16)11(8-14)9-4-6-10(7-5-9)12(15)17-2/h4-7,11H,3H2,1-2H3. The molecule has 1 aromatic carbocycles. The van der Waals surface area contributed by atoms with Gasteiger partial charge in [-0.25, -0.2) is 4.79 Å². The van der Waals surface area contributed by atoms with Crippen LogP contribution in [0.1, 0.15) is 28.8 Å². The monoisotopic (exact) mass is 247 g/mol. The summed E-state index contributed by atoms with van der Waals surface area (Å²) in [4.78, 5) is 22.7. The van der Waals surface area contributed by atoms with E-state index in [1.54, 1.807) is 6.92 Å². The molecule has 0 aliphatic heterocycles. The summed E-state index contributed by atoms with van der Waals surface area (Å²) in [6.07, 6.45) is 0. The summed E-state index contributed by atoms with van der Waals surface area (Å²) in [6.45, 7) is 1.89. The van der Waals surface area contributed by atoms with E-state index in [0.717, 1.165) is 0 Å². The predicted octanol–water partition coefficient (Wildman–Crippen LogP) is 1.64. The van der Waals surface area contributed by atoms with Gasteiger partial charge < -0.3 is 9.47 Å². The van der Waals surface area contributed by atoms with Crippen molar-refractivity contribution < 1.29 is 19.1 Å². The number of benzene rings is 1. The van der Waals surface area contributed by atoms with Crippen LogP contribution in [0.2, 0.25) is 0 Å². The van der Waals surface area contributed by atoms with E-state index >= 15 is 0 Å². The van der Waals surface area contributed by atoms with Crippen LogP contribution in [0.3, 0.4) is 0 Å². The molecule has 0 aliphatic carbocycles. The lowest BCUT2D eigenvalue weighted by Gasteiger charge is -2.08. The number of hydrogen-bond acceptors (Lipinski definition) is 5. The normalized spacial score (nSPS) is 11.2. The molecule has 0 spiro atoms. The van der Waals surface area contributed by atoms with Gasteiger partial charge in [-0.3, -0.25) is 4.79 Å². The van der Waals surface area contributed by atoms with E-state index in [0.29, 0.717) is 11.1 Å². The molecule has 0 bridgehead atoms. The summed E-state index contributed by atoms with van der Waals surface area (Å²) in [5, 5.41) is 8.96. The Kier molecular flexibility index (Phi) is 4.88. The van der Waals surface area contributed by atoms with Crippen molar-refractivity contribution in [3.05, 3.63) is 35.4 Å². The number of esters is 2. The van der Waals surface area contributed by atoms with Gasteiger partial charge in [0.1, 0.15) is 0 Å². The van der Waals surface area contributed by atoms with E-state index in [4.69, 9.17) is 10.00 Å². The van der Waals surface area contributed by atoms with Crippen LogP contribution in [-0.4, -0.2) is 25.7 Å². The van der Waals surface area contributed by atoms with Crippen molar-refractivity contribution in [2.75, 3.05) is 13.7 Å². The Morgan fingerprint density at radius 3 is 2.39 bits per heavy atom. The van der Waals surface area contributed by atoms with Gasteiger partial charge in [0.25, 0.3) is 0 Å². The van der Waals surface area contributed by atoms with Crippen LogP contribution in [-0.2, 0) is 14.3 Å². The molecule has 18 heavy (non-hydrogen) atoms. The van der Waals surface area contributed by atoms with E-state index in [2.05, 4.69) is 4.74 Å². The van der Waals surface area contributed by atoms with Crippen LogP contribution in [0, 0.1) is 11.3 Å². The van der Waals surface area contributed by atoms with Crippen LogP contribution >= 0.6 is 0 Å². The molecule has 1 unspecified atom stereocenters. The number of ether oxygens (including phenoxy) is 2. The first-order valence-corrected chi connectivity index (χ1v) is 5.38. The topological polar surface area (TPSA) is 76.4 Å². The maximum Gasteiger partial charge on any atom is 0.337 e. The maximum absolute atomic E-state index is 11.5. The number of hydrogen-bond donors (Lipinski definition) is 0. The van der Waals surface area contributed by atoms with Gasteiger partial charge in [-0.2, -0.15) is 5.26 Å². The number of methoxy groups -OCH3 is 1. The molecule has 0 aliphatic rings. The van der Waals surface area contributed by atoms with Crippen molar-refractivity contribution >= 4 is 11.9 Å². The Morgan fingerprint density at radius 2 is 1.94 bits per heavy atom. The van der Waals surface area contributed by atoms with Gasteiger partial charge >= 0.3 is 11.9 Å². The third-order valence-corrected chi connectivity index (χ3v) is 2.32. The average molecular weight is 247 g/mol. The average Bonchev–Trinajstić information content (AvgIpc) is 2.40. The zero-order chi connectivity index (χ0) is 13.5. The lowest BCUT2D eigenvalue weighted by Crippen LogP contribution is -2.14. The van der Waals surface area contributed by atoms with E-state index in [-0.39, 0.29) is 6.61 Å². The minimum atomic E-state index is -0.975. The summed E-state index contributed by atoms with van der Waals surface area (Å²) >= 11 is 0. The Labute approximate surface area is 105 Å². The van der Waals surface area contributed by atoms with E-state index < -0.39 is 17.9 Å². The fourth-order valence-electron chi connectivity index (χ4n) is 1.42. The lowest BCUT2D eigenvalue weighted by molar-refractivity contribution is -0.143. The fourth-order valence-corrected chi connectivity index (χ4v) is 1.42. The summed E-state index contributed by atoms with van der Waals surface area (Å²) < 4.78 is 9.35. The second-order valence-electron chi connectivity index (χ2n) is 3.43. The van der Waals surface area contributed by atoms with Crippen LogP contribution in [0.25, 0.3) is 0 Å². The largest absolute Gasteiger partial charge is 0.465 e. The van der Waals surface area contributed by atoms with Crippen molar-refractivity contribution in [1.29, 1.82) is 5.26 Å². The van der Waals surface area contributed by atoms with Crippen molar-refractivity contribution in [2.45, 2.75) is 12.8 Å². The summed E-state index contributed by atoms with van der Waals surface area (Å²) in [6, 6.07) is 7.96. The molecule has 1 rings (SSSR count). The van der Waals surface area contributed by atoms with Gasteiger partial charge in [-0.15, -0.1) is 0 Å². The van der Waals surface area contributed by atoms with Crippen molar-refractivity contribution in [3.63, 3.8) is 0 Å². The van der Waals surface area contributed by atoms with Crippen LogP contribution in [0.4, 0.5) is 0 Å². The number of carbonyl (C=O) groups excluding carboxylic acids is 2. The highest BCUT2D eigenvalue weighted by Crippen LogP contribution is 2.17. The Balaban J connectivity index is 2.93. The fraction of sp³-hybridized carbons (Fsp3) is 0.308. The van der Waals surface area contributed by atoms with Crippen molar-refractivity contribution in [1.82, 2.24) is 0 Å². The minimum Gasteiger partial charge on any atom is -0.465 e. The number of carbonyl (C=O) groups is 2. The first-order valence-electron chi connectivity index (χ1n) is 5.38. The zero-order valence-corrected chi connectivity index (χ0v) is 10.2. The molecule has 1 atom stereocenters. The molecule has 5 nitrogen and oxygen atoms in total. The molecule has 0 amide bonds. The zero-order valence-electron chi connectivity index (χ0n) is 10.2. The molecular weight excluding hydrogens is 234 g/mol. The molecule has 94 valence electrons. The van der Waals surface area contributed by atoms with Crippen LogP contribution in [0.15, 0.2) is 24.3 Å². The molecule has 0 fully saturated rings. The van der Waals surface area contributed by atoms with Crippen molar-refractivity contribution in [2.24, 2.45) is 0 Å². The van der Waals surface area contributed by atoms with Gasteiger partial charge in [0.15, 0.2) is 5.92 Å². The summed E-state index contributed by atoms with van der Waals surface area (Å²) in [5.74, 6) is -2.03. The second kappa shape index (κ2) is 6.40. The summed E-state index contributed by atoms with van der Waals surface area (Å²) in [7, 11) is 1.28. The number of rotatable bonds is 4. The molecule has 0 saturated heterocycles. The minimum absolute atomic E-state index is 0.220. The summed E-state index contributed by atoms with van der Waals surface area (Å²) in [5.41, 5.74) is 0.852. The van der Waals surface area contributed by atoms with Crippen LogP contribution in [0.5, 0.6) is 0 Å². The molecule has 5 heteroatoms. The van der Waals surface area contributed by atoms with Gasteiger partial charge in [0.2, 0.25) is 0 Å². The Bertz CT molecular complexity index is 473. The highest BCUT2D eigenvalue weighted by atomic mass is 16.5. The quantitative estimate of drug-likeness (QED) is 0.756. The molecule has 0 aromatic heterocycles. The lowest BCUT2D eigenvalue weighted by atomic mass is 9.99. The molecule has 0 saturated carbocycles. The van der Waals surface area contributed by atoms with E-state index in [1.165, 1.54) is 31.4 Å². The van der Waals surface area contributed by atoms with E-state index in [9.17, 15) is 9.59 Å². The Morgan fingerprint density at radius 1 is 1.33 bits per heavy atom. The molecule has 1 aromatic rings.